The number of rotatable bonds is 3. The molecule has 187 valence electrons. The van der Waals surface area contributed by atoms with Crippen LogP contribution < -0.4 is 5.46 Å². The Bertz CT molecular complexity index is 1280. The van der Waals surface area contributed by atoms with E-state index >= 15 is 0 Å². The Labute approximate surface area is 229 Å². The molecular formula is C30H31BIrN2O2-2. The zero-order chi connectivity index (χ0) is 25.1. The fraction of sp³-hybridized carbons (Fsp3) is 0.267. The topological polar surface area (TPSA) is 44.2 Å². The molecule has 4 nitrogen and oxygen atoms in total. The van der Waals surface area contributed by atoms with E-state index in [1.54, 1.807) is 0 Å². The first kappa shape index (κ1) is 28.0. The SMILES string of the molecule is Cc1ccnc(-c2[c-]ccc(B3OC(C)(C)C(C)(C)O3)c2)c1.Cc1ccnc(-c2[c-]cccc2)c1.[Ir]. The number of nitrogens with zero attached hydrogens (tertiary/aromatic N) is 2. The third kappa shape index (κ3) is 6.57. The average Bonchev–Trinajstić information content (AvgIpc) is 3.07. The van der Waals surface area contributed by atoms with Gasteiger partial charge in [-0.1, -0.05) is 23.3 Å². The fourth-order valence-electron chi connectivity index (χ4n) is 3.68. The van der Waals surface area contributed by atoms with Gasteiger partial charge in [-0.2, -0.15) is 0 Å². The van der Waals surface area contributed by atoms with Gasteiger partial charge in [0.2, 0.25) is 0 Å². The van der Waals surface area contributed by atoms with Crippen molar-refractivity contribution in [2.75, 3.05) is 0 Å². The molecule has 4 aromatic rings. The number of benzene rings is 2. The van der Waals surface area contributed by atoms with E-state index in [1.807, 2.05) is 67.0 Å². The molecule has 6 heteroatoms. The summed E-state index contributed by atoms with van der Waals surface area (Å²) in [4.78, 5) is 8.70. The summed E-state index contributed by atoms with van der Waals surface area (Å²) >= 11 is 0. The predicted octanol–water partition coefficient (Wildman–Crippen LogP) is 6.01. The van der Waals surface area contributed by atoms with E-state index in [0.717, 1.165) is 28.0 Å². The van der Waals surface area contributed by atoms with E-state index in [4.69, 9.17) is 9.31 Å². The fourth-order valence-corrected chi connectivity index (χ4v) is 3.68. The molecule has 0 atom stereocenters. The first-order valence-electron chi connectivity index (χ1n) is 11.8. The van der Waals surface area contributed by atoms with Gasteiger partial charge in [0.1, 0.15) is 0 Å². The van der Waals surface area contributed by atoms with Crippen LogP contribution in [0.5, 0.6) is 0 Å². The minimum atomic E-state index is -0.358. The molecule has 3 heterocycles. The molecule has 0 unspecified atom stereocenters. The molecule has 0 amide bonds. The normalized spacial score (nSPS) is 15.4. The predicted molar refractivity (Wildman–Crippen MR) is 142 cm³/mol. The number of aromatic nitrogens is 2. The van der Waals surface area contributed by atoms with Gasteiger partial charge >= 0.3 is 7.12 Å². The van der Waals surface area contributed by atoms with Gasteiger partial charge in [0, 0.05) is 32.5 Å². The quantitative estimate of drug-likeness (QED) is 0.201. The molecule has 1 saturated heterocycles. The van der Waals surface area contributed by atoms with Crippen LogP contribution in [0, 0.1) is 26.0 Å². The van der Waals surface area contributed by atoms with Crippen molar-refractivity contribution >= 4 is 12.6 Å². The molecule has 0 spiro atoms. The van der Waals surface area contributed by atoms with Crippen LogP contribution in [0.4, 0.5) is 0 Å². The molecule has 5 rings (SSSR count). The van der Waals surface area contributed by atoms with E-state index in [2.05, 4.69) is 75.8 Å². The minimum absolute atomic E-state index is 0. The molecule has 36 heavy (non-hydrogen) atoms. The van der Waals surface area contributed by atoms with Crippen LogP contribution in [-0.4, -0.2) is 28.3 Å². The van der Waals surface area contributed by atoms with Gasteiger partial charge < -0.3 is 19.3 Å². The van der Waals surface area contributed by atoms with Crippen LogP contribution in [0.15, 0.2) is 79.1 Å². The Morgan fingerprint density at radius 1 is 0.694 bits per heavy atom. The van der Waals surface area contributed by atoms with E-state index in [9.17, 15) is 0 Å². The van der Waals surface area contributed by atoms with Crippen molar-refractivity contribution in [2.24, 2.45) is 0 Å². The van der Waals surface area contributed by atoms with Gasteiger partial charge in [0.25, 0.3) is 0 Å². The van der Waals surface area contributed by atoms with Gasteiger partial charge in [0.05, 0.1) is 11.2 Å². The number of pyridine rings is 2. The standard InChI is InChI=1S/C18H21BNO2.C12H10N.Ir/c1-13-9-10-20-16(11-13)14-7-6-8-15(12-14)19-21-17(2,3)18(4,5)22-19;1-10-7-8-13-12(9-10)11-5-3-2-4-6-11;/h6,8-12H,1-5H3;2-5,7-9H,1H3;/q2*-1;. The third-order valence-corrected chi connectivity index (χ3v) is 6.44. The van der Waals surface area contributed by atoms with Gasteiger partial charge in [-0.05, 0) is 65.1 Å². The second-order valence-electron chi connectivity index (χ2n) is 9.84. The summed E-state index contributed by atoms with van der Waals surface area (Å²) < 4.78 is 12.2. The third-order valence-electron chi connectivity index (χ3n) is 6.44. The van der Waals surface area contributed by atoms with Crippen LogP contribution in [0.2, 0.25) is 0 Å². The average molecular weight is 655 g/mol. The molecule has 2 aromatic heterocycles. The van der Waals surface area contributed by atoms with Crippen LogP contribution >= 0.6 is 0 Å². The maximum atomic E-state index is 6.11. The molecule has 0 N–H and O–H groups in total. The zero-order valence-electron chi connectivity index (χ0n) is 21.6. The van der Waals surface area contributed by atoms with Crippen molar-refractivity contribution in [3.63, 3.8) is 0 Å². The Hall–Kier alpha value is -2.63. The molecule has 0 aliphatic carbocycles. The summed E-state index contributed by atoms with van der Waals surface area (Å²) in [5.41, 5.74) is 6.64. The van der Waals surface area contributed by atoms with Crippen molar-refractivity contribution < 1.29 is 29.4 Å². The van der Waals surface area contributed by atoms with Crippen molar-refractivity contribution in [3.05, 3.63) is 102 Å². The minimum Gasteiger partial charge on any atom is -0.400 e. The zero-order valence-corrected chi connectivity index (χ0v) is 24.0. The first-order valence-corrected chi connectivity index (χ1v) is 11.8. The maximum Gasteiger partial charge on any atom is 0.475 e. The van der Waals surface area contributed by atoms with Crippen molar-refractivity contribution in [1.29, 1.82) is 0 Å². The summed E-state index contributed by atoms with van der Waals surface area (Å²) in [7, 11) is -0.358. The molecule has 2 aromatic carbocycles. The molecule has 1 radical (unpaired) electrons. The Balaban J connectivity index is 0.000000221. The summed E-state index contributed by atoms with van der Waals surface area (Å²) in [6.07, 6.45) is 3.64. The van der Waals surface area contributed by atoms with Crippen LogP contribution in [-0.2, 0) is 29.4 Å². The second-order valence-corrected chi connectivity index (χ2v) is 9.84. The van der Waals surface area contributed by atoms with Crippen molar-refractivity contribution in [1.82, 2.24) is 9.97 Å². The summed E-state index contributed by atoms with van der Waals surface area (Å²) in [5.74, 6) is 0. The first-order chi connectivity index (χ1) is 16.6. The molecule has 1 aliphatic heterocycles. The van der Waals surface area contributed by atoms with E-state index in [-0.39, 0.29) is 38.4 Å². The molecule has 0 saturated carbocycles. The monoisotopic (exact) mass is 655 g/mol. The van der Waals surface area contributed by atoms with Gasteiger partial charge in [-0.25, -0.2) is 0 Å². The molecule has 0 bridgehead atoms. The summed E-state index contributed by atoms with van der Waals surface area (Å²) in [5, 5.41) is 0. The Morgan fingerprint density at radius 2 is 1.25 bits per heavy atom. The van der Waals surface area contributed by atoms with E-state index in [1.165, 1.54) is 11.1 Å². The second kappa shape index (κ2) is 11.6. The van der Waals surface area contributed by atoms with Crippen LogP contribution in [0.1, 0.15) is 38.8 Å². The van der Waals surface area contributed by atoms with Crippen molar-refractivity contribution in [2.45, 2.75) is 52.7 Å². The molecule has 1 aliphatic rings. The van der Waals surface area contributed by atoms with Crippen LogP contribution in [0.25, 0.3) is 22.5 Å². The van der Waals surface area contributed by atoms with Crippen molar-refractivity contribution in [3.8, 4) is 22.5 Å². The summed E-state index contributed by atoms with van der Waals surface area (Å²) in [6, 6.07) is 28.3. The summed E-state index contributed by atoms with van der Waals surface area (Å²) in [6.45, 7) is 12.4. The largest absolute Gasteiger partial charge is 0.475 e. The van der Waals surface area contributed by atoms with Gasteiger partial charge in [-0.15, -0.1) is 71.2 Å². The number of hydrogen-bond donors (Lipinski definition) is 0. The molecule has 1 fully saturated rings. The Morgan fingerprint density at radius 3 is 1.78 bits per heavy atom. The van der Waals surface area contributed by atoms with Crippen LogP contribution in [0.3, 0.4) is 0 Å². The molecular weight excluding hydrogens is 623 g/mol. The van der Waals surface area contributed by atoms with Gasteiger partial charge in [0.15, 0.2) is 0 Å². The number of aryl methyl sites for hydroxylation is 2. The Kier molecular flexibility index (Phi) is 9.02. The number of hydrogen-bond acceptors (Lipinski definition) is 4. The van der Waals surface area contributed by atoms with E-state index < -0.39 is 0 Å². The smallest absolute Gasteiger partial charge is 0.400 e. The maximum absolute atomic E-state index is 6.11. The van der Waals surface area contributed by atoms with E-state index in [0.29, 0.717) is 0 Å². The van der Waals surface area contributed by atoms with Gasteiger partial charge in [-0.3, -0.25) is 0 Å².